The van der Waals surface area contributed by atoms with Crippen molar-refractivity contribution in [2.45, 2.75) is 52.7 Å². The van der Waals surface area contributed by atoms with E-state index in [-0.39, 0.29) is 24.1 Å². The molecule has 0 aliphatic carbocycles. The third kappa shape index (κ3) is 5.16. The Morgan fingerprint density at radius 2 is 2.10 bits per heavy atom. The van der Waals surface area contributed by atoms with Crippen molar-refractivity contribution in [3.63, 3.8) is 0 Å². The normalized spacial score (nSPS) is 14.1. The summed E-state index contributed by atoms with van der Waals surface area (Å²) in [6, 6.07) is 3.46. The number of ether oxygens (including phenoxy) is 3. The molecule has 1 aromatic carbocycles. The molecule has 0 amide bonds. The lowest BCUT2D eigenvalue weighted by Gasteiger charge is -2.30. The fraction of sp³-hybridized carbons (Fsp3) is 0.545. The maximum absolute atomic E-state index is 12.0. The average molecular weight is 403 g/mol. The molecule has 0 N–H and O–H groups in total. The summed E-state index contributed by atoms with van der Waals surface area (Å²) >= 11 is 0. The molecule has 158 valence electrons. The number of hydrogen-bond donors (Lipinski definition) is 0. The summed E-state index contributed by atoms with van der Waals surface area (Å²) in [6.45, 7) is 8.12. The Bertz CT molecular complexity index is 933. The molecule has 3 rings (SSSR count). The minimum atomic E-state index is -0.373. The summed E-state index contributed by atoms with van der Waals surface area (Å²) in [5, 5.41) is 0.873. The number of carbonyl (C=O) groups excluding carboxylic acids is 1. The van der Waals surface area contributed by atoms with Gasteiger partial charge in [-0.3, -0.25) is 9.69 Å². The molecule has 29 heavy (non-hydrogen) atoms. The summed E-state index contributed by atoms with van der Waals surface area (Å²) in [5.41, 5.74) is 2.83. The van der Waals surface area contributed by atoms with E-state index < -0.39 is 0 Å². The van der Waals surface area contributed by atoms with Gasteiger partial charge in [-0.25, -0.2) is 4.79 Å². The van der Waals surface area contributed by atoms with Crippen LogP contribution in [0.4, 0.5) is 0 Å². The van der Waals surface area contributed by atoms with Gasteiger partial charge in [0.25, 0.3) is 0 Å². The number of methoxy groups -OCH3 is 1. The summed E-state index contributed by atoms with van der Waals surface area (Å²) in [7, 11) is 1.68. The first kappa shape index (κ1) is 21.3. The molecule has 0 spiro atoms. The molecule has 2 heterocycles. The van der Waals surface area contributed by atoms with Crippen LogP contribution < -0.4 is 10.4 Å². The maximum Gasteiger partial charge on any atom is 0.336 e. The van der Waals surface area contributed by atoms with E-state index in [0.717, 1.165) is 35.0 Å². The lowest BCUT2D eigenvalue weighted by atomic mass is 9.97. The summed E-state index contributed by atoms with van der Waals surface area (Å²) < 4.78 is 22.0. The van der Waals surface area contributed by atoms with Crippen LogP contribution in [0.3, 0.4) is 0 Å². The first-order valence-electron chi connectivity index (χ1n) is 10.0. The van der Waals surface area contributed by atoms with Gasteiger partial charge >= 0.3 is 11.6 Å². The van der Waals surface area contributed by atoms with E-state index in [1.165, 1.54) is 6.07 Å². The Morgan fingerprint density at radius 1 is 1.31 bits per heavy atom. The number of esters is 1. The van der Waals surface area contributed by atoms with E-state index in [2.05, 4.69) is 4.90 Å². The van der Waals surface area contributed by atoms with Crippen LogP contribution in [0.15, 0.2) is 21.3 Å². The van der Waals surface area contributed by atoms with Crippen molar-refractivity contribution in [2.24, 2.45) is 0 Å². The van der Waals surface area contributed by atoms with E-state index in [1.807, 2.05) is 26.8 Å². The molecule has 0 atom stereocenters. The van der Waals surface area contributed by atoms with Crippen LogP contribution in [0.2, 0.25) is 0 Å². The van der Waals surface area contributed by atoms with Crippen molar-refractivity contribution < 1.29 is 23.4 Å². The molecule has 7 nitrogen and oxygen atoms in total. The smallest absolute Gasteiger partial charge is 0.336 e. The van der Waals surface area contributed by atoms with Gasteiger partial charge in [0.15, 0.2) is 0 Å². The Labute approximate surface area is 170 Å². The Kier molecular flexibility index (Phi) is 6.92. The van der Waals surface area contributed by atoms with Crippen LogP contribution in [0.1, 0.15) is 43.4 Å². The zero-order valence-electron chi connectivity index (χ0n) is 17.6. The van der Waals surface area contributed by atoms with E-state index in [4.69, 9.17) is 18.6 Å². The molecule has 0 unspecified atom stereocenters. The highest BCUT2D eigenvalue weighted by molar-refractivity contribution is 5.86. The first-order chi connectivity index (χ1) is 13.9. The molecular formula is C22H29NO6. The quantitative estimate of drug-likeness (QED) is 0.380. The van der Waals surface area contributed by atoms with E-state index in [1.54, 1.807) is 7.11 Å². The van der Waals surface area contributed by atoms with Crippen LogP contribution in [0.5, 0.6) is 5.75 Å². The van der Waals surface area contributed by atoms with E-state index >= 15 is 0 Å². The number of aryl methyl sites for hydroxylation is 2. The molecule has 0 fully saturated rings. The number of benzene rings is 1. The topological polar surface area (TPSA) is 78.2 Å². The monoisotopic (exact) mass is 403 g/mol. The minimum absolute atomic E-state index is 0.138. The molecule has 1 aliphatic rings. The van der Waals surface area contributed by atoms with Crippen molar-refractivity contribution in [3.8, 4) is 5.75 Å². The van der Waals surface area contributed by atoms with Gasteiger partial charge in [-0.1, -0.05) is 0 Å². The second-order valence-corrected chi connectivity index (χ2v) is 7.68. The minimum Gasteiger partial charge on any atom is -0.477 e. The van der Waals surface area contributed by atoms with Gasteiger partial charge < -0.3 is 18.6 Å². The van der Waals surface area contributed by atoms with Gasteiger partial charge in [-0.15, -0.1) is 0 Å². The number of nitrogens with zero attached hydrogens (tertiary/aromatic N) is 1. The fourth-order valence-corrected chi connectivity index (χ4v) is 3.63. The van der Waals surface area contributed by atoms with Gasteiger partial charge in [-0.2, -0.15) is 0 Å². The second kappa shape index (κ2) is 9.41. The Morgan fingerprint density at radius 3 is 2.83 bits per heavy atom. The van der Waals surface area contributed by atoms with Crippen LogP contribution in [-0.2, 0) is 27.2 Å². The number of rotatable bonds is 8. The molecule has 1 aliphatic heterocycles. The fourth-order valence-electron chi connectivity index (χ4n) is 3.63. The van der Waals surface area contributed by atoms with Crippen molar-refractivity contribution in [3.05, 3.63) is 39.2 Å². The average Bonchev–Trinajstić information content (AvgIpc) is 2.66. The van der Waals surface area contributed by atoms with Gasteiger partial charge in [0, 0.05) is 44.7 Å². The van der Waals surface area contributed by atoms with Crippen molar-refractivity contribution in [1.29, 1.82) is 0 Å². The van der Waals surface area contributed by atoms with E-state index in [9.17, 15) is 9.59 Å². The number of fused-ring (bicyclic) bond motifs is 3. The largest absolute Gasteiger partial charge is 0.477 e. The van der Waals surface area contributed by atoms with Crippen LogP contribution in [0.25, 0.3) is 11.0 Å². The molecule has 0 bridgehead atoms. The van der Waals surface area contributed by atoms with Crippen molar-refractivity contribution in [2.75, 3.05) is 27.0 Å². The third-order valence-corrected chi connectivity index (χ3v) is 4.93. The summed E-state index contributed by atoms with van der Waals surface area (Å²) in [5.74, 6) is 0.480. The zero-order valence-corrected chi connectivity index (χ0v) is 17.6. The number of hydrogen-bond acceptors (Lipinski definition) is 7. The van der Waals surface area contributed by atoms with Crippen LogP contribution in [-0.4, -0.2) is 44.0 Å². The highest BCUT2D eigenvalue weighted by Gasteiger charge is 2.25. The number of carbonyl (C=O) groups is 1. The predicted molar refractivity (Wildman–Crippen MR) is 109 cm³/mol. The highest BCUT2D eigenvalue weighted by Crippen LogP contribution is 2.37. The predicted octanol–water partition coefficient (Wildman–Crippen LogP) is 3.17. The Hall–Kier alpha value is -2.38. The molecule has 0 saturated heterocycles. The van der Waals surface area contributed by atoms with Gasteiger partial charge in [0.05, 0.1) is 11.7 Å². The molecule has 7 heteroatoms. The highest BCUT2D eigenvalue weighted by atomic mass is 16.5. The van der Waals surface area contributed by atoms with Crippen LogP contribution >= 0.6 is 0 Å². The molecule has 1 aromatic heterocycles. The zero-order chi connectivity index (χ0) is 21.0. The maximum atomic E-state index is 12.0. The third-order valence-electron chi connectivity index (χ3n) is 4.93. The van der Waals surface area contributed by atoms with E-state index in [0.29, 0.717) is 37.6 Å². The molecular weight excluding hydrogens is 374 g/mol. The van der Waals surface area contributed by atoms with Gasteiger partial charge in [0.2, 0.25) is 0 Å². The second-order valence-electron chi connectivity index (χ2n) is 7.68. The SMILES string of the molecule is COCCCN1COc2c(CCC(=O)OC(C)C)cc3c(C)cc(=O)oc3c2C1. The summed E-state index contributed by atoms with van der Waals surface area (Å²) in [6.07, 6.45) is 1.52. The Balaban J connectivity index is 1.94. The van der Waals surface area contributed by atoms with Crippen LogP contribution in [0, 0.1) is 6.92 Å². The van der Waals surface area contributed by atoms with Crippen molar-refractivity contribution in [1.82, 2.24) is 4.90 Å². The molecule has 0 radical (unpaired) electrons. The molecule has 0 saturated carbocycles. The van der Waals surface area contributed by atoms with Gasteiger partial charge in [-0.05, 0) is 50.8 Å². The lowest BCUT2D eigenvalue weighted by molar-refractivity contribution is -0.147. The van der Waals surface area contributed by atoms with Crippen molar-refractivity contribution >= 4 is 16.9 Å². The van der Waals surface area contributed by atoms with Gasteiger partial charge in [0.1, 0.15) is 18.1 Å². The first-order valence-corrected chi connectivity index (χ1v) is 10.0. The summed E-state index contributed by atoms with van der Waals surface area (Å²) in [4.78, 5) is 26.2. The standard InChI is InChI=1S/C22H29NO6/c1-14(2)28-19(24)7-6-16-11-17-15(3)10-20(25)29-22(17)18-12-23(8-5-9-26-4)13-27-21(16)18/h10-11,14H,5-9,12-13H2,1-4H3. The lowest BCUT2D eigenvalue weighted by Crippen LogP contribution is -2.34. The molecule has 2 aromatic rings.